The van der Waals surface area contributed by atoms with E-state index >= 15 is 4.39 Å². The molecule has 1 saturated carbocycles. The monoisotopic (exact) mass is 535 g/mol. The van der Waals surface area contributed by atoms with Crippen molar-refractivity contribution in [1.82, 2.24) is 4.57 Å². The van der Waals surface area contributed by atoms with Crippen LogP contribution in [0.1, 0.15) is 68.9 Å². The van der Waals surface area contributed by atoms with Crippen LogP contribution in [0.2, 0.25) is 5.02 Å². The molecule has 0 spiro atoms. The van der Waals surface area contributed by atoms with Crippen LogP contribution in [-0.4, -0.2) is 22.9 Å². The van der Waals surface area contributed by atoms with Crippen LogP contribution in [0.3, 0.4) is 0 Å². The molecule has 2 aromatic carbocycles. The van der Waals surface area contributed by atoms with Crippen LogP contribution in [0.25, 0.3) is 22.2 Å². The highest BCUT2D eigenvalue weighted by atomic mass is 35.5. The third-order valence-electron chi connectivity index (χ3n) is 8.53. The number of fused-ring (bicyclic) bond motifs is 5. The van der Waals surface area contributed by atoms with Crippen molar-refractivity contribution in [2.75, 3.05) is 0 Å². The lowest BCUT2D eigenvalue weighted by atomic mass is 9.78. The van der Waals surface area contributed by atoms with Gasteiger partial charge in [0.05, 0.1) is 32.9 Å². The van der Waals surface area contributed by atoms with Crippen LogP contribution in [0.5, 0.6) is 5.75 Å². The molecule has 3 aliphatic rings. The standard InChI is InChI=1S/C29H28BClFNO3S/c1-28(2)29(3,4)36-30(35-28)18-14-20(32)26-22-13-17-12-19(31)8-9-21(17)33(22)27(34-23(26)15-18)25-11-10-24(37-25)16-6-5-7-16/h8-16,27H,5-7H2,1-4H3. The molecule has 190 valence electrons. The van der Waals surface area contributed by atoms with Crippen LogP contribution in [0, 0.1) is 5.82 Å². The van der Waals surface area contributed by atoms with Gasteiger partial charge in [0, 0.05) is 15.3 Å². The molecule has 2 aliphatic heterocycles. The molecule has 7 rings (SSSR count). The Morgan fingerprint density at radius 1 is 0.973 bits per heavy atom. The van der Waals surface area contributed by atoms with Crippen molar-refractivity contribution in [3.8, 4) is 17.0 Å². The zero-order chi connectivity index (χ0) is 25.7. The minimum atomic E-state index is -0.676. The van der Waals surface area contributed by atoms with Gasteiger partial charge >= 0.3 is 7.12 Å². The Labute approximate surface area is 225 Å². The maximum atomic E-state index is 15.9. The van der Waals surface area contributed by atoms with Crippen molar-refractivity contribution in [1.29, 1.82) is 0 Å². The minimum absolute atomic E-state index is 0.364. The summed E-state index contributed by atoms with van der Waals surface area (Å²) in [7, 11) is -0.676. The summed E-state index contributed by atoms with van der Waals surface area (Å²) in [6, 6.07) is 15.6. The molecule has 0 amide bonds. The molecule has 4 nitrogen and oxygen atoms in total. The Kier molecular flexibility index (Phi) is 5.20. The number of aromatic nitrogens is 1. The largest absolute Gasteiger partial charge is 0.495 e. The van der Waals surface area contributed by atoms with E-state index in [4.69, 9.17) is 25.6 Å². The number of benzene rings is 2. The van der Waals surface area contributed by atoms with E-state index in [1.807, 2.05) is 58.0 Å². The zero-order valence-electron chi connectivity index (χ0n) is 21.3. The number of nitrogens with zero attached hydrogens (tertiary/aromatic N) is 1. The Hall–Kier alpha value is -2.32. The van der Waals surface area contributed by atoms with Gasteiger partial charge in [0.25, 0.3) is 0 Å². The molecule has 8 heteroatoms. The molecule has 2 fully saturated rings. The van der Waals surface area contributed by atoms with E-state index in [1.54, 1.807) is 11.3 Å². The van der Waals surface area contributed by atoms with Crippen molar-refractivity contribution in [2.45, 2.75) is 70.3 Å². The van der Waals surface area contributed by atoms with Crippen molar-refractivity contribution in [2.24, 2.45) is 0 Å². The SMILES string of the molecule is CC1(C)OB(c2cc(F)c3c(c2)OC(c2ccc(C4CCC4)s2)n2c-3cc3cc(Cl)ccc32)OC1(C)C. The fraction of sp³-hybridized carbons (Fsp3) is 0.379. The van der Waals surface area contributed by atoms with E-state index in [9.17, 15) is 0 Å². The van der Waals surface area contributed by atoms with Gasteiger partial charge in [-0.05, 0) is 100 Å². The summed E-state index contributed by atoms with van der Waals surface area (Å²) in [6.07, 6.45) is 3.37. The summed E-state index contributed by atoms with van der Waals surface area (Å²) in [6.45, 7) is 7.98. The first-order chi connectivity index (χ1) is 17.6. The third-order valence-corrected chi connectivity index (χ3v) is 10.0. The van der Waals surface area contributed by atoms with Gasteiger partial charge in [0.2, 0.25) is 6.23 Å². The summed E-state index contributed by atoms with van der Waals surface area (Å²) in [5.74, 6) is 0.772. The first-order valence-corrected chi connectivity index (χ1v) is 14.1. The molecular formula is C29H28BClFNO3S. The average molecular weight is 536 g/mol. The number of halogens is 2. The second-order valence-electron chi connectivity index (χ2n) is 11.4. The van der Waals surface area contributed by atoms with Crippen LogP contribution in [-0.2, 0) is 9.31 Å². The van der Waals surface area contributed by atoms with E-state index < -0.39 is 24.5 Å². The molecule has 1 saturated heterocycles. The summed E-state index contributed by atoms with van der Waals surface area (Å²) in [5, 5.41) is 1.60. The number of hydrogen-bond acceptors (Lipinski definition) is 4. The Morgan fingerprint density at radius 3 is 2.41 bits per heavy atom. The normalized spacial score (nSPS) is 22.0. The maximum Gasteiger partial charge on any atom is 0.495 e. The van der Waals surface area contributed by atoms with Gasteiger partial charge in [0.1, 0.15) is 11.6 Å². The summed E-state index contributed by atoms with van der Waals surface area (Å²) in [5.41, 5.74) is 1.76. The second-order valence-corrected chi connectivity index (χ2v) is 13.0. The van der Waals surface area contributed by atoms with E-state index in [0.29, 0.717) is 27.7 Å². The quantitative estimate of drug-likeness (QED) is 0.252. The smallest absolute Gasteiger partial charge is 0.464 e. The predicted molar refractivity (Wildman–Crippen MR) is 148 cm³/mol. The number of hydrogen-bond donors (Lipinski definition) is 0. The third kappa shape index (κ3) is 3.62. The molecule has 4 aromatic rings. The van der Waals surface area contributed by atoms with Crippen molar-refractivity contribution < 1.29 is 18.4 Å². The zero-order valence-corrected chi connectivity index (χ0v) is 22.9. The summed E-state index contributed by atoms with van der Waals surface area (Å²) < 4.78 is 37.1. The van der Waals surface area contributed by atoms with Crippen LogP contribution < -0.4 is 10.2 Å². The molecule has 1 unspecified atom stereocenters. The van der Waals surface area contributed by atoms with E-state index in [0.717, 1.165) is 21.5 Å². The van der Waals surface area contributed by atoms with Crippen LogP contribution in [0.15, 0.2) is 48.5 Å². The first-order valence-electron chi connectivity index (χ1n) is 12.9. The molecule has 2 aromatic heterocycles. The van der Waals surface area contributed by atoms with Crippen molar-refractivity contribution >= 4 is 46.4 Å². The van der Waals surface area contributed by atoms with Gasteiger partial charge < -0.3 is 14.0 Å². The van der Waals surface area contributed by atoms with Gasteiger partial charge in [-0.15, -0.1) is 11.3 Å². The molecule has 1 atom stereocenters. The molecule has 0 N–H and O–H groups in total. The highest BCUT2D eigenvalue weighted by Gasteiger charge is 2.52. The van der Waals surface area contributed by atoms with E-state index in [2.05, 4.69) is 16.7 Å². The lowest BCUT2D eigenvalue weighted by Crippen LogP contribution is -2.41. The Balaban J connectivity index is 1.38. The van der Waals surface area contributed by atoms with Crippen LogP contribution in [0.4, 0.5) is 4.39 Å². The van der Waals surface area contributed by atoms with Crippen molar-refractivity contribution in [3.63, 3.8) is 0 Å². The molecule has 37 heavy (non-hydrogen) atoms. The lowest BCUT2D eigenvalue weighted by molar-refractivity contribution is 0.00578. The number of ether oxygens (including phenoxy) is 1. The Morgan fingerprint density at radius 2 is 1.70 bits per heavy atom. The molecule has 1 aliphatic carbocycles. The fourth-order valence-corrected chi connectivity index (χ4v) is 6.86. The summed E-state index contributed by atoms with van der Waals surface area (Å²) in [4.78, 5) is 2.50. The fourth-order valence-electron chi connectivity index (χ4n) is 5.48. The van der Waals surface area contributed by atoms with Gasteiger partial charge in [-0.3, -0.25) is 4.57 Å². The first kappa shape index (κ1) is 23.8. The Bertz CT molecular complexity index is 1540. The van der Waals surface area contributed by atoms with Gasteiger partial charge in [-0.25, -0.2) is 4.39 Å². The van der Waals surface area contributed by atoms with E-state index in [-0.39, 0.29) is 5.82 Å². The van der Waals surface area contributed by atoms with Crippen LogP contribution >= 0.6 is 22.9 Å². The lowest BCUT2D eigenvalue weighted by Gasteiger charge is -2.32. The van der Waals surface area contributed by atoms with Gasteiger partial charge in [-0.2, -0.15) is 0 Å². The molecular weight excluding hydrogens is 508 g/mol. The topological polar surface area (TPSA) is 32.6 Å². The second kappa shape index (κ2) is 8.09. The van der Waals surface area contributed by atoms with Gasteiger partial charge in [0.15, 0.2) is 0 Å². The predicted octanol–water partition coefficient (Wildman–Crippen LogP) is 7.67. The molecule has 4 heterocycles. The highest BCUT2D eigenvalue weighted by Crippen LogP contribution is 2.48. The number of thiophene rings is 1. The van der Waals surface area contributed by atoms with Gasteiger partial charge in [-0.1, -0.05) is 18.0 Å². The minimum Gasteiger partial charge on any atom is -0.464 e. The van der Waals surface area contributed by atoms with Crippen molar-refractivity contribution in [3.05, 3.63) is 69.1 Å². The summed E-state index contributed by atoms with van der Waals surface area (Å²) >= 11 is 8.12. The average Bonchev–Trinajstić information content (AvgIpc) is 3.46. The molecule has 0 radical (unpaired) electrons. The highest BCUT2D eigenvalue weighted by molar-refractivity contribution is 7.12. The number of rotatable bonds is 3. The van der Waals surface area contributed by atoms with E-state index in [1.165, 1.54) is 30.2 Å². The molecule has 0 bridgehead atoms. The maximum absolute atomic E-state index is 15.9.